The minimum absolute atomic E-state index is 0.0245. The molecule has 16 heavy (non-hydrogen) atoms. The fraction of sp³-hybridized carbons (Fsp3) is 0.600. The maximum absolute atomic E-state index is 11.4. The minimum atomic E-state index is -2.85. The smallest absolute Gasteiger partial charge is 0.169 e. The Labute approximate surface area is 103 Å². The van der Waals surface area contributed by atoms with E-state index >= 15 is 0 Å². The number of hydrogen-bond donors (Lipinski definition) is 1. The van der Waals surface area contributed by atoms with Gasteiger partial charge in [-0.1, -0.05) is 0 Å². The van der Waals surface area contributed by atoms with Crippen LogP contribution in [0.4, 0.5) is 0 Å². The summed E-state index contributed by atoms with van der Waals surface area (Å²) in [5.41, 5.74) is 0. The van der Waals surface area contributed by atoms with Crippen molar-refractivity contribution in [1.29, 1.82) is 0 Å². The normalized spacial score (nSPS) is 25.8. The lowest BCUT2D eigenvalue weighted by Crippen LogP contribution is -2.25. The van der Waals surface area contributed by atoms with Crippen LogP contribution in [0.25, 0.3) is 0 Å². The maximum Gasteiger partial charge on any atom is 0.169 e. The first kappa shape index (κ1) is 12.1. The second kappa shape index (κ2) is 4.50. The minimum Gasteiger partial charge on any atom is -0.453 e. The highest BCUT2D eigenvalue weighted by Crippen LogP contribution is 2.32. The van der Waals surface area contributed by atoms with Gasteiger partial charge in [0.25, 0.3) is 0 Å². The molecule has 0 saturated carbocycles. The summed E-state index contributed by atoms with van der Waals surface area (Å²) < 4.78 is 29.0. The molecule has 6 heteroatoms. The number of halogens is 1. The summed E-state index contributed by atoms with van der Waals surface area (Å²) in [6.07, 6.45) is 0.701. The van der Waals surface area contributed by atoms with Gasteiger partial charge in [0.05, 0.1) is 17.5 Å². The first-order valence-corrected chi connectivity index (χ1v) is 7.76. The molecule has 1 N–H and O–H groups in total. The zero-order valence-electron chi connectivity index (χ0n) is 8.94. The van der Waals surface area contributed by atoms with Gasteiger partial charge < -0.3 is 9.73 Å². The van der Waals surface area contributed by atoms with Crippen molar-refractivity contribution >= 4 is 25.8 Å². The standard InChI is InChI=1S/C10H14BrNO3S/c1-12-10(8-2-3-9(11)15-8)7-4-5-16(13,14)6-7/h2-3,7,10,12H,4-6H2,1H3. The Bertz CT molecular complexity index is 468. The summed E-state index contributed by atoms with van der Waals surface area (Å²) in [6.45, 7) is 0. The van der Waals surface area contributed by atoms with E-state index in [1.54, 1.807) is 0 Å². The molecule has 1 aliphatic heterocycles. The second-order valence-corrected chi connectivity index (χ2v) is 7.08. The lowest BCUT2D eigenvalue weighted by Gasteiger charge is -2.19. The van der Waals surface area contributed by atoms with Crippen molar-refractivity contribution in [1.82, 2.24) is 5.32 Å². The van der Waals surface area contributed by atoms with Crippen molar-refractivity contribution in [3.8, 4) is 0 Å². The van der Waals surface area contributed by atoms with Crippen molar-refractivity contribution in [3.63, 3.8) is 0 Å². The average Bonchev–Trinajstić information content (AvgIpc) is 2.75. The molecule has 0 amide bonds. The fourth-order valence-corrected chi connectivity index (χ4v) is 4.35. The van der Waals surface area contributed by atoms with E-state index in [-0.39, 0.29) is 23.5 Å². The van der Waals surface area contributed by atoms with Crippen LogP contribution < -0.4 is 5.32 Å². The summed E-state index contributed by atoms with van der Waals surface area (Å²) in [7, 11) is -1.02. The summed E-state index contributed by atoms with van der Waals surface area (Å²) in [5.74, 6) is 1.43. The van der Waals surface area contributed by atoms with Crippen LogP contribution >= 0.6 is 15.9 Å². The van der Waals surface area contributed by atoms with Crippen LogP contribution in [0.5, 0.6) is 0 Å². The van der Waals surface area contributed by atoms with Gasteiger partial charge in [0, 0.05) is 0 Å². The molecule has 1 saturated heterocycles. The third kappa shape index (κ3) is 2.49. The Morgan fingerprint density at radius 3 is 2.75 bits per heavy atom. The highest BCUT2D eigenvalue weighted by Gasteiger charge is 2.35. The first-order valence-electron chi connectivity index (χ1n) is 5.15. The van der Waals surface area contributed by atoms with Crippen molar-refractivity contribution in [3.05, 3.63) is 22.6 Å². The van der Waals surface area contributed by atoms with Crippen LogP contribution in [-0.4, -0.2) is 27.0 Å². The first-order chi connectivity index (χ1) is 7.52. The topological polar surface area (TPSA) is 59.3 Å². The van der Waals surface area contributed by atoms with Gasteiger partial charge in [-0.15, -0.1) is 0 Å². The molecule has 0 bridgehead atoms. The van der Waals surface area contributed by atoms with E-state index in [9.17, 15) is 8.42 Å². The zero-order chi connectivity index (χ0) is 11.8. The van der Waals surface area contributed by atoms with E-state index in [0.717, 1.165) is 5.76 Å². The highest BCUT2D eigenvalue weighted by atomic mass is 79.9. The third-order valence-electron chi connectivity index (χ3n) is 2.95. The molecule has 0 aliphatic carbocycles. The van der Waals surface area contributed by atoms with Crippen LogP contribution in [0.3, 0.4) is 0 Å². The third-order valence-corrected chi connectivity index (χ3v) is 5.17. The molecule has 1 aromatic rings. The largest absolute Gasteiger partial charge is 0.453 e. The SMILES string of the molecule is CNC(c1ccc(Br)o1)C1CCS(=O)(=O)C1. The van der Waals surface area contributed by atoms with Gasteiger partial charge in [-0.2, -0.15) is 0 Å². The van der Waals surface area contributed by atoms with E-state index in [0.29, 0.717) is 11.1 Å². The van der Waals surface area contributed by atoms with Crippen LogP contribution in [0.2, 0.25) is 0 Å². The van der Waals surface area contributed by atoms with Gasteiger partial charge in [-0.25, -0.2) is 8.42 Å². The van der Waals surface area contributed by atoms with Crippen LogP contribution in [0.15, 0.2) is 21.2 Å². The molecule has 2 heterocycles. The molecule has 0 spiro atoms. The molecule has 2 unspecified atom stereocenters. The quantitative estimate of drug-likeness (QED) is 0.924. The molecule has 4 nitrogen and oxygen atoms in total. The zero-order valence-corrected chi connectivity index (χ0v) is 11.3. The van der Waals surface area contributed by atoms with Gasteiger partial charge in [0.1, 0.15) is 5.76 Å². The number of sulfone groups is 1. The molecule has 90 valence electrons. The Morgan fingerprint density at radius 1 is 1.56 bits per heavy atom. The van der Waals surface area contributed by atoms with Gasteiger partial charge in [0.15, 0.2) is 14.5 Å². The van der Waals surface area contributed by atoms with Gasteiger partial charge in [0.2, 0.25) is 0 Å². The number of nitrogens with one attached hydrogen (secondary N) is 1. The summed E-state index contributed by atoms with van der Waals surface area (Å²) in [6, 6.07) is 3.67. The van der Waals surface area contributed by atoms with Gasteiger partial charge in [-0.3, -0.25) is 0 Å². The average molecular weight is 308 g/mol. The Kier molecular flexibility index (Phi) is 3.42. The molecular weight excluding hydrogens is 294 g/mol. The summed E-state index contributed by atoms with van der Waals surface area (Å²) in [4.78, 5) is 0. The molecule has 1 aromatic heterocycles. The van der Waals surface area contributed by atoms with Gasteiger partial charge in [-0.05, 0) is 47.4 Å². The molecule has 2 rings (SSSR count). The maximum atomic E-state index is 11.4. The van der Waals surface area contributed by atoms with Gasteiger partial charge >= 0.3 is 0 Å². The van der Waals surface area contributed by atoms with Crippen molar-refractivity contribution in [2.45, 2.75) is 12.5 Å². The van der Waals surface area contributed by atoms with Crippen molar-refractivity contribution in [2.75, 3.05) is 18.6 Å². The molecular formula is C10H14BrNO3S. The predicted molar refractivity (Wildman–Crippen MR) is 65.0 cm³/mol. The van der Waals surface area contributed by atoms with E-state index in [2.05, 4.69) is 21.2 Å². The molecule has 1 aliphatic rings. The monoisotopic (exact) mass is 307 g/mol. The molecule has 0 aromatic carbocycles. The van der Waals surface area contributed by atoms with Crippen LogP contribution in [0, 0.1) is 5.92 Å². The highest BCUT2D eigenvalue weighted by molar-refractivity contribution is 9.10. The van der Waals surface area contributed by atoms with E-state index in [4.69, 9.17) is 4.42 Å². The van der Waals surface area contributed by atoms with Crippen LogP contribution in [0.1, 0.15) is 18.2 Å². The van der Waals surface area contributed by atoms with E-state index < -0.39 is 9.84 Å². The number of furan rings is 1. The number of rotatable bonds is 3. The summed E-state index contributed by atoms with van der Waals surface area (Å²) >= 11 is 3.25. The molecule has 0 radical (unpaired) electrons. The predicted octanol–water partition coefficient (Wildman–Crippen LogP) is 1.74. The molecule has 2 atom stereocenters. The Balaban J connectivity index is 2.18. The number of hydrogen-bond acceptors (Lipinski definition) is 4. The van der Waals surface area contributed by atoms with Crippen LogP contribution in [-0.2, 0) is 9.84 Å². The lowest BCUT2D eigenvalue weighted by atomic mass is 9.97. The fourth-order valence-electron chi connectivity index (χ4n) is 2.19. The lowest BCUT2D eigenvalue weighted by molar-refractivity contribution is 0.340. The second-order valence-electron chi connectivity index (χ2n) is 4.07. The Morgan fingerprint density at radius 2 is 2.31 bits per heavy atom. The Hall–Kier alpha value is -0.330. The van der Waals surface area contributed by atoms with Crippen molar-refractivity contribution < 1.29 is 12.8 Å². The van der Waals surface area contributed by atoms with E-state index in [1.165, 1.54) is 0 Å². The van der Waals surface area contributed by atoms with Crippen molar-refractivity contribution in [2.24, 2.45) is 5.92 Å². The molecule has 1 fully saturated rings. The van der Waals surface area contributed by atoms with E-state index in [1.807, 2.05) is 19.2 Å². The summed E-state index contributed by atoms with van der Waals surface area (Å²) in [5, 5.41) is 3.13.